The topological polar surface area (TPSA) is 128 Å². The van der Waals surface area contributed by atoms with Crippen LogP contribution in [0, 0.1) is 5.41 Å². The molecule has 0 bridgehead atoms. The van der Waals surface area contributed by atoms with Crippen molar-refractivity contribution in [2.75, 3.05) is 7.05 Å². The van der Waals surface area contributed by atoms with E-state index >= 15 is 0 Å². The Morgan fingerprint density at radius 2 is 1.83 bits per heavy atom. The van der Waals surface area contributed by atoms with Crippen LogP contribution in [0.1, 0.15) is 25.0 Å². The zero-order valence-corrected chi connectivity index (χ0v) is 13.0. The minimum absolute atomic E-state index is 0.106. The minimum atomic E-state index is -1.31. The van der Waals surface area contributed by atoms with Crippen LogP contribution < -0.4 is 5.73 Å². The number of rotatable bonds is 4. The molecular weight excluding hydrogens is 300 g/mol. The Kier molecular flexibility index (Phi) is 3.85. The van der Waals surface area contributed by atoms with Crippen LogP contribution in [0.15, 0.2) is 24.3 Å². The number of carboxylic acid groups (broad SMARTS) is 1. The summed E-state index contributed by atoms with van der Waals surface area (Å²) in [6, 6.07) is 4.45. The van der Waals surface area contributed by atoms with E-state index in [4.69, 9.17) is 16.2 Å². The van der Waals surface area contributed by atoms with E-state index in [0.717, 1.165) is 4.90 Å². The quantitative estimate of drug-likeness (QED) is 0.424. The monoisotopic (exact) mass is 318 g/mol. The third-order valence-electron chi connectivity index (χ3n) is 4.30. The number of hydrogen-bond acceptors (Lipinski definition) is 4. The summed E-state index contributed by atoms with van der Waals surface area (Å²) in [7, 11) is 1.45. The highest BCUT2D eigenvalue weighted by Crippen LogP contribution is 2.37. The van der Waals surface area contributed by atoms with Crippen molar-refractivity contribution in [1.29, 1.82) is 5.41 Å². The van der Waals surface area contributed by atoms with Crippen LogP contribution in [0.3, 0.4) is 0 Å². The molecule has 0 radical (unpaired) electrons. The highest BCUT2D eigenvalue weighted by atomic mass is 16.4. The van der Waals surface area contributed by atoms with E-state index in [2.05, 4.69) is 0 Å². The largest absolute Gasteiger partial charge is 0.480 e. The highest BCUT2D eigenvalue weighted by Gasteiger charge is 2.55. The lowest BCUT2D eigenvalue weighted by atomic mass is 9.90. The van der Waals surface area contributed by atoms with Crippen LogP contribution in [0.4, 0.5) is 4.79 Å². The molecule has 1 aromatic rings. The first kappa shape index (κ1) is 16.5. The summed E-state index contributed by atoms with van der Waals surface area (Å²) in [5, 5.41) is 16.5. The van der Waals surface area contributed by atoms with Gasteiger partial charge in [-0.3, -0.25) is 10.2 Å². The summed E-state index contributed by atoms with van der Waals surface area (Å²) in [6.45, 7) is 2.85. The number of amidine groups is 1. The van der Waals surface area contributed by atoms with Gasteiger partial charge in [0.05, 0.1) is 0 Å². The molecule has 2 unspecified atom stereocenters. The van der Waals surface area contributed by atoms with Crippen LogP contribution >= 0.6 is 0 Å². The number of urea groups is 1. The predicted molar refractivity (Wildman–Crippen MR) is 81.9 cm³/mol. The molecule has 2 atom stereocenters. The van der Waals surface area contributed by atoms with Gasteiger partial charge < -0.3 is 15.7 Å². The number of imide groups is 1. The van der Waals surface area contributed by atoms with Gasteiger partial charge in [-0.25, -0.2) is 14.5 Å². The van der Waals surface area contributed by atoms with E-state index in [1.165, 1.54) is 18.9 Å². The number of nitrogen functional groups attached to an aromatic ring is 1. The number of nitrogens with one attached hydrogen (secondary N) is 1. The standard InChI is InChI=1S/C15H18N4O4/c1-8(12(20)21)19-13(22)15(2,18(3)14(19)23)10-6-4-9(5-7-10)11(16)17/h4-8H,1-3H3,(H3,16,17)(H,20,21). The van der Waals surface area contributed by atoms with E-state index in [9.17, 15) is 14.4 Å². The van der Waals surface area contributed by atoms with Crippen molar-refractivity contribution in [3.63, 3.8) is 0 Å². The van der Waals surface area contributed by atoms with E-state index in [1.54, 1.807) is 31.2 Å². The van der Waals surface area contributed by atoms with Gasteiger partial charge in [0, 0.05) is 12.6 Å². The number of carbonyl (C=O) groups is 3. The summed E-state index contributed by atoms with van der Waals surface area (Å²) >= 11 is 0. The number of nitrogens with two attached hydrogens (primary N) is 1. The first-order valence-electron chi connectivity index (χ1n) is 6.91. The summed E-state index contributed by atoms with van der Waals surface area (Å²) in [5.74, 6) is -1.96. The second-order valence-corrected chi connectivity index (χ2v) is 5.59. The molecule has 1 aliphatic heterocycles. The van der Waals surface area contributed by atoms with Crippen molar-refractivity contribution >= 4 is 23.7 Å². The molecule has 1 saturated heterocycles. The van der Waals surface area contributed by atoms with Crippen molar-refractivity contribution in [2.24, 2.45) is 5.73 Å². The molecule has 1 heterocycles. The maximum absolute atomic E-state index is 12.7. The van der Waals surface area contributed by atoms with Crippen molar-refractivity contribution < 1.29 is 19.5 Å². The molecular formula is C15H18N4O4. The van der Waals surface area contributed by atoms with Gasteiger partial charge >= 0.3 is 12.0 Å². The molecule has 23 heavy (non-hydrogen) atoms. The molecule has 1 aliphatic rings. The van der Waals surface area contributed by atoms with Crippen molar-refractivity contribution in [3.8, 4) is 0 Å². The molecule has 3 amide bonds. The van der Waals surface area contributed by atoms with Crippen LogP contribution in [-0.2, 0) is 15.1 Å². The van der Waals surface area contributed by atoms with Gasteiger partial charge in [0.1, 0.15) is 17.4 Å². The van der Waals surface area contributed by atoms with E-state index in [0.29, 0.717) is 11.1 Å². The lowest BCUT2D eigenvalue weighted by molar-refractivity contribution is -0.147. The first-order chi connectivity index (χ1) is 10.6. The molecule has 4 N–H and O–H groups in total. The highest BCUT2D eigenvalue weighted by molar-refractivity contribution is 6.09. The Labute approximate surface area is 133 Å². The molecule has 0 aromatic heterocycles. The predicted octanol–water partition coefficient (Wildman–Crippen LogP) is 0.553. The van der Waals surface area contributed by atoms with Gasteiger partial charge in [-0.1, -0.05) is 24.3 Å². The number of nitrogens with zero attached hydrogens (tertiary/aromatic N) is 2. The van der Waals surface area contributed by atoms with Gasteiger partial charge in [-0.05, 0) is 19.4 Å². The minimum Gasteiger partial charge on any atom is -0.480 e. The second-order valence-electron chi connectivity index (χ2n) is 5.59. The van der Waals surface area contributed by atoms with E-state index < -0.39 is 29.5 Å². The Hall–Kier alpha value is -2.90. The fourth-order valence-corrected chi connectivity index (χ4v) is 2.56. The molecule has 0 saturated carbocycles. The number of hydrogen-bond donors (Lipinski definition) is 3. The average molecular weight is 318 g/mol. The number of likely N-dealkylation sites (N-methyl/N-ethyl adjacent to an activating group) is 1. The molecule has 0 spiro atoms. The van der Waals surface area contributed by atoms with Crippen LogP contribution in [0.25, 0.3) is 0 Å². The maximum atomic E-state index is 12.7. The Bertz CT molecular complexity index is 700. The smallest absolute Gasteiger partial charge is 0.328 e. The Morgan fingerprint density at radius 3 is 2.26 bits per heavy atom. The fraction of sp³-hybridized carbons (Fsp3) is 0.333. The normalized spacial score (nSPS) is 22.4. The summed E-state index contributed by atoms with van der Waals surface area (Å²) in [5.41, 5.74) is 5.10. The number of aliphatic carboxylic acids is 1. The number of benzene rings is 1. The first-order valence-corrected chi connectivity index (χ1v) is 6.91. The van der Waals surface area contributed by atoms with Gasteiger partial charge in [0.25, 0.3) is 5.91 Å². The summed E-state index contributed by atoms with van der Waals surface area (Å²) < 4.78 is 0. The molecule has 8 nitrogen and oxygen atoms in total. The molecule has 122 valence electrons. The van der Waals surface area contributed by atoms with E-state index in [-0.39, 0.29) is 5.84 Å². The third-order valence-corrected chi connectivity index (χ3v) is 4.30. The van der Waals surface area contributed by atoms with Crippen LogP contribution in [0.2, 0.25) is 0 Å². The van der Waals surface area contributed by atoms with Crippen LogP contribution in [-0.4, -0.2) is 51.7 Å². The molecule has 8 heteroatoms. The molecule has 1 aromatic carbocycles. The number of carbonyl (C=O) groups excluding carboxylic acids is 2. The molecule has 2 rings (SSSR count). The zero-order chi connectivity index (χ0) is 17.5. The zero-order valence-electron chi connectivity index (χ0n) is 13.0. The second kappa shape index (κ2) is 5.38. The lowest BCUT2D eigenvalue weighted by Crippen LogP contribution is -2.45. The summed E-state index contributed by atoms with van der Waals surface area (Å²) in [6.07, 6.45) is 0. The maximum Gasteiger partial charge on any atom is 0.328 e. The lowest BCUT2D eigenvalue weighted by Gasteiger charge is -2.29. The molecule has 1 fully saturated rings. The Morgan fingerprint density at radius 1 is 1.30 bits per heavy atom. The SMILES string of the molecule is CC(C(=O)O)N1C(=O)N(C)C(C)(c2ccc(C(=N)N)cc2)C1=O. The molecule has 0 aliphatic carbocycles. The number of carboxylic acids is 1. The third kappa shape index (κ3) is 2.32. The van der Waals surface area contributed by atoms with E-state index in [1.807, 2.05) is 0 Å². The average Bonchev–Trinajstić information content (AvgIpc) is 2.68. The van der Waals surface area contributed by atoms with Crippen molar-refractivity contribution in [2.45, 2.75) is 25.4 Å². The van der Waals surface area contributed by atoms with Gasteiger partial charge in [-0.15, -0.1) is 0 Å². The van der Waals surface area contributed by atoms with Gasteiger partial charge in [0.15, 0.2) is 0 Å². The van der Waals surface area contributed by atoms with Gasteiger partial charge in [-0.2, -0.15) is 0 Å². The van der Waals surface area contributed by atoms with Crippen LogP contribution in [0.5, 0.6) is 0 Å². The number of amides is 3. The Balaban J connectivity index is 2.48. The summed E-state index contributed by atoms with van der Waals surface area (Å²) in [4.78, 5) is 38.2. The van der Waals surface area contributed by atoms with Gasteiger partial charge in [0.2, 0.25) is 0 Å². The fourth-order valence-electron chi connectivity index (χ4n) is 2.56. The van der Waals surface area contributed by atoms with Crippen molar-refractivity contribution in [1.82, 2.24) is 9.80 Å². The van der Waals surface area contributed by atoms with Crippen molar-refractivity contribution in [3.05, 3.63) is 35.4 Å².